The van der Waals surface area contributed by atoms with E-state index in [9.17, 15) is 39.6 Å². The topological polar surface area (TPSA) is 151 Å². The second kappa shape index (κ2) is 16.7. The molecule has 4 N–H and O–H groups in total. The summed E-state index contributed by atoms with van der Waals surface area (Å²) >= 11 is 13.6. The minimum Gasteiger partial charge on any atom is -0.321 e. The van der Waals surface area contributed by atoms with E-state index in [1.165, 1.54) is 34.9 Å². The lowest BCUT2D eigenvalue weighted by atomic mass is 10.3. The van der Waals surface area contributed by atoms with Crippen molar-refractivity contribution in [2.75, 3.05) is 31.6 Å². The molecular formula is C28H27Cl2F3N4O6S4. The number of halogens is 5. The summed E-state index contributed by atoms with van der Waals surface area (Å²) in [6, 6.07) is 15.6. The third-order valence-corrected chi connectivity index (χ3v) is 10.5. The Hall–Kier alpha value is -3.35. The number of rotatable bonds is 12. The summed E-state index contributed by atoms with van der Waals surface area (Å²) in [4.78, 5) is 24.7. The highest BCUT2D eigenvalue weighted by atomic mass is 35.5. The molecule has 0 atom stereocenters. The zero-order valence-electron chi connectivity index (χ0n) is 24.2. The van der Waals surface area contributed by atoms with Gasteiger partial charge in [-0.3, -0.25) is 19.0 Å². The Morgan fingerprint density at radius 3 is 1.49 bits per heavy atom. The first-order valence-electron chi connectivity index (χ1n) is 13.3. The average Bonchev–Trinajstić information content (AvgIpc) is 3.62. The molecule has 19 heteroatoms. The van der Waals surface area contributed by atoms with Crippen LogP contribution < -0.4 is 20.1 Å². The summed E-state index contributed by atoms with van der Waals surface area (Å²) in [7, 11) is -8.10. The van der Waals surface area contributed by atoms with Gasteiger partial charge in [-0.15, -0.1) is 22.7 Å². The molecule has 2 aromatic heterocycles. The van der Waals surface area contributed by atoms with Gasteiger partial charge in [0.15, 0.2) is 5.75 Å². The van der Waals surface area contributed by atoms with Crippen molar-refractivity contribution >= 4 is 100 Å². The van der Waals surface area contributed by atoms with E-state index in [4.69, 9.17) is 23.2 Å². The molecule has 0 saturated heterocycles. The molecule has 0 aliphatic rings. The van der Waals surface area contributed by atoms with E-state index in [1.54, 1.807) is 52.6 Å². The Labute approximate surface area is 287 Å². The van der Waals surface area contributed by atoms with Crippen molar-refractivity contribution in [3.63, 3.8) is 0 Å². The van der Waals surface area contributed by atoms with Crippen LogP contribution in [0.5, 0.6) is 0 Å². The Balaban J connectivity index is 0.000000256. The summed E-state index contributed by atoms with van der Waals surface area (Å²) in [5, 5.41) is 9.32. The van der Waals surface area contributed by atoms with Crippen LogP contribution in [0.15, 0.2) is 71.4 Å². The van der Waals surface area contributed by atoms with E-state index in [1.807, 2.05) is 6.92 Å². The number of anilines is 4. The highest BCUT2D eigenvalue weighted by molar-refractivity contribution is 7.93. The molecule has 0 aliphatic heterocycles. The highest BCUT2D eigenvalue weighted by Crippen LogP contribution is 2.28. The first kappa shape index (κ1) is 38.1. The molecule has 4 aromatic rings. The van der Waals surface area contributed by atoms with Crippen LogP contribution in [0.2, 0.25) is 10.0 Å². The molecule has 0 aliphatic carbocycles. The van der Waals surface area contributed by atoms with Crippen LogP contribution in [0.25, 0.3) is 0 Å². The quantitative estimate of drug-likeness (QED) is 0.114. The Bertz CT molecular complexity index is 1880. The predicted molar refractivity (Wildman–Crippen MR) is 183 cm³/mol. The van der Waals surface area contributed by atoms with Gasteiger partial charge < -0.3 is 10.6 Å². The Morgan fingerprint density at radius 2 is 1.11 bits per heavy atom. The van der Waals surface area contributed by atoms with E-state index < -0.39 is 37.9 Å². The molecule has 2 amide bonds. The van der Waals surface area contributed by atoms with Crippen LogP contribution >= 0.6 is 45.9 Å². The van der Waals surface area contributed by atoms with Gasteiger partial charge in [0, 0.05) is 21.4 Å². The molecule has 0 radical (unpaired) electrons. The van der Waals surface area contributed by atoms with Crippen LogP contribution in [0.3, 0.4) is 0 Å². The molecule has 47 heavy (non-hydrogen) atoms. The number of amides is 2. The zero-order chi connectivity index (χ0) is 34.8. The van der Waals surface area contributed by atoms with Crippen LogP contribution in [-0.4, -0.2) is 46.3 Å². The number of hydrogen-bond donors (Lipinski definition) is 4. The van der Waals surface area contributed by atoms with Crippen molar-refractivity contribution in [2.45, 2.75) is 25.9 Å². The third-order valence-electron chi connectivity index (χ3n) is 5.60. The number of thiophene rings is 2. The second-order valence-electron chi connectivity index (χ2n) is 9.50. The fourth-order valence-electron chi connectivity index (χ4n) is 3.55. The van der Waals surface area contributed by atoms with E-state index in [2.05, 4.69) is 15.4 Å². The van der Waals surface area contributed by atoms with E-state index >= 15 is 0 Å². The fraction of sp³-hybridized carbons (Fsp3) is 0.214. The summed E-state index contributed by atoms with van der Waals surface area (Å²) in [6.45, 7) is 1.92. The van der Waals surface area contributed by atoms with E-state index in [-0.39, 0.29) is 22.2 Å². The number of unbranched alkanes of at least 4 members (excludes halogenated alkanes) is 1. The number of carbonyl (C=O) groups is 2. The van der Waals surface area contributed by atoms with Gasteiger partial charge in [-0.1, -0.05) is 36.5 Å². The smallest absolute Gasteiger partial charge is 0.321 e. The molecule has 10 nitrogen and oxygen atoms in total. The first-order valence-corrected chi connectivity index (χ1v) is 19.2. The van der Waals surface area contributed by atoms with Crippen molar-refractivity contribution in [3.8, 4) is 0 Å². The summed E-state index contributed by atoms with van der Waals surface area (Å²) in [5.41, 5.74) is 1.09. The van der Waals surface area contributed by atoms with Crippen molar-refractivity contribution < 1.29 is 39.6 Å². The maximum absolute atomic E-state index is 12.3. The molecule has 0 unspecified atom stereocenters. The first-order chi connectivity index (χ1) is 22.0. The van der Waals surface area contributed by atoms with Gasteiger partial charge in [-0.25, -0.2) is 16.8 Å². The minimum absolute atomic E-state index is 0.0393. The number of sulfonamides is 2. The van der Waals surface area contributed by atoms with Crippen LogP contribution in [0, 0.1) is 0 Å². The van der Waals surface area contributed by atoms with Crippen LogP contribution in [0.4, 0.5) is 35.9 Å². The van der Waals surface area contributed by atoms with Gasteiger partial charge in [0.25, 0.3) is 11.8 Å². The third kappa shape index (κ3) is 13.0. The fourth-order valence-corrected chi connectivity index (χ4v) is 7.70. The predicted octanol–water partition coefficient (Wildman–Crippen LogP) is 8.15. The molecule has 0 saturated carbocycles. The normalized spacial score (nSPS) is 11.6. The SMILES string of the molecule is CCCCS(=O)(=O)Nc1ccsc1C(=O)Nc1ccc(Cl)cc1.O=C(Nc1ccc(Cl)cc1)c1sccc1NS(=O)(=O)CC(F)(F)F. The van der Waals surface area contributed by atoms with Gasteiger partial charge in [0.05, 0.1) is 17.1 Å². The molecule has 0 spiro atoms. The number of benzene rings is 2. The zero-order valence-corrected chi connectivity index (χ0v) is 29.0. The number of alkyl halides is 3. The van der Waals surface area contributed by atoms with Gasteiger partial charge in [-0.05, 0) is 77.8 Å². The molecular weight excluding hydrogens is 744 g/mol. The number of hydrogen-bond acceptors (Lipinski definition) is 8. The van der Waals surface area contributed by atoms with Gasteiger partial charge in [-0.2, -0.15) is 13.2 Å². The largest absolute Gasteiger partial charge is 0.404 e. The Morgan fingerprint density at radius 1 is 0.702 bits per heavy atom. The van der Waals surface area contributed by atoms with Gasteiger partial charge in [0.2, 0.25) is 20.0 Å². The molecule has 254 valence electrons. The molecule has 2 aromatic carbocycles. The second-order valence-corrected chi connectivity index (χ2v) is 15.8. The van der Waals surface area contributed by atoms with E-state index in [0.29, 0.717) is 38.4 Å². The maximum Gasteiger partial charge on any atom is 0.404 e. The van der Waals surface area contributed by atoms with Crippen molar-refractivity contribution in [1.29, 1.82) is 0 Å². The number of nitrogens with one attached hydrogen (secondary N) is 4. The van der Waals surface area contributed by atoms with Crippen molar-refractivity contribution in [2.24, 2.45) is 0 Å². The molecule has 2 heterocycles. The standard InChI is InChI=1S/C15H17ClN2O3S2.C13H10ClF3N2O3S2/c1-2-3-10-23(20,21)18-13-8-9-22-14(13)15(19)17-12-6-4-11(16)5-7-12;14-8-1-3-9(4-2-8)18-12(20)11-10(5-6-23-11)19-24(21,22)7-13(15,16)17/h4-9,18H,2-3,10H2,1H3,(H,17,19);1-6,19H,7H2,(H,18,20). The number of carbonyl (C=O) groups excluding carboxylic acids is 2. The van der Waals surface area contributed by atoms with Gasteiger partial charge >= 0.3 is 6.18 Å². The molecule has 4 rings (SSSR count). The highest BCUT2D eigenvalue weighted by Gasteiger charge is 2.35. The van der Waals surface area contributed by atoms with Crippen LogP contribution in [-0.2, 0) is 20.0 Å². The summed E-state index contributed by atoms with van der Waals surface area (Å²) in [5.74, 6) is -3.02. The maximum atomic E-state index is 12.3. The van der Waals surface area contributed by atoms with Crippen molar-refractivity contribution in [3.05, 3.63) is 91.2 Å². The average molecular weight is 772 g/mol. The lowest BCUT2D eigenvalue weighted by Crippen LogP contribution is -2.28. The van der Waals surface area contributed by atoms with E-state index in [0.717, 1.165) is 17.8 Å². The lowest BCUT2D eigenvalue weighted by Gasteiger charge is -2.11. The minimum atomic E-state index is -4.88. The van der Waals surface area contributed by atoms with Gasteiger partial charge in [0.1, 0.15) is 9.75 Å². The summed E-state index contributed by atoms with van der Waals surface area (Å²) < 4.78 is 88.0. The molecule has 0 bridgehead atoms. The Kier molecular flexibility index (Phi) is 13.5. The van der Waals surface area contributed by atoms with Crippen molar-refractivity contribution in [1.82, 2.24) is 0 Å². The molecule has 0 fully saturated rings. The van der Waals surface area contributed by atoms with Crippen LogP contribution in [0.1, 0.15) is 39.1 Å². The lowest BCUT2D eigenvalue weighted by molar-refractivity contribution is -0.106. The summed E-state index contributed by atoms with van der Waals surface area (Å²) in [6.07, 6.45) is -3.52. The monoisotopic (exact) mass is 770 g/mol.